The van der Waals surface area contributed by atoms with Crippen LogP contribution in [0.25, 0.3) is 33.4 Å². The van der Waals surface area contributed by atoms with E-state index in [4.69, 9.17) is 9.26 Å². The number of aromatic amines is 1. The number of fused-ring (bicyclic) bond motifs is 1. The minimum atomic E-state index is 0.809. The monoisotopic (exact) mass is 375 g/mol. The third-order valence-corrected chi connectivity index (χ3v) is 5.08. The maximum absolute atomic E-state index is 5.62. The van der Waals surface area contributed by atoms with Gasteiger partial charge in [-0.05, 0) is 51.2 Å². The molecule has 5 nitrogen and oxygen atoms in total. The molecular formula is C23H25N3O2. The molecular weight excluding hydrogens is 350 g/mol. The molecule has 0 radical (unpaired) electrons. The summed E-state index contributed by atoms with van der Waals surface area (Å²) in [7, 11) is 5.89. The Balaban J connectivity index is 1.94. The van der Waals surface area contributed by atoms with Crippen LogP contribution < -0.4 is 4.74 Å². The minimum absolute atomic E-state index is 0.809. The molecule has 0 unspecified atom stereocenters. The van der Waals surface area contributed by atoms with Gasteiger partial charge in [0, 0.05) is 23.0 Å². The first-order valence-corrected chi connectivity index (χ1v) is 9.44. The van der Waals surface area contributed by atoms with Crippen molar-refractivity contribution >= 4 is 10.9 Å². The smallest absolute Gasteiger partial charge is 0.143 e. The van der Waals surface area contributed by atoms with Crippen LogP contribution in [0.1, 0.15) is 11.3 Å². The maximum atomic E-state index is 5.62. The molecule has 0 fully saturated rings. The van der Waals surface area contributed by atoms with E-state index in [-0.39, 0.29) is 0 Å². The number of aryl methyl sites for hydroxylation is 1. The van der Waals surface area contributed by atoms with Gasteiger partial charge in [0.25, 0.3) is 0 Å². The number of hydrogen-bond donors (Lipinski definition) is 1. The summed E-state index contributed by atoms with van der Waals surface area (Å²) in [5, 5.41) is 5.55. The molecule has 28 heavy (non-hydrogen) atoms. The van der Waals surface area contributed by atoms with Crippen LogP contribution in [0, 0.1) is 6.92 Å². The summed E-state index contributed by atoms with van der Waals surface area (Å²) < 4.78 is 11.1. The lowest BCUT2D eigenvalue weighted by atomic mass is 9.98. The predicted molar refractivity (Wildman–Crippen MR) is 113 cm³/mol. The van der Waals surface area contributed by atoms with Crippen LogP contribution in [0.3, 0.4) is 0 Å². The van der Waals surface area contributed by atoms with E-state index in [1.165, 1.54) is 10.9 Å². The lowest BCUT2D eigenvalue weighted by Gasteiger charge is -2.11. The number of rotatable bonds is 6. The molecule has 0 amide bonds. The van der Waals surface area contributed by atoms with E-state index in [1.54, 1.807) is 7.11 Å². The number of hydrogen-bond acceptors (Lipinski definition) is 4. The maximum Gasteiger partial charge on any atom is 0.143 e. The van der Waals surface area contributed by atoms with Gasteiger partial charge in [0.05, 0.1) is 18.4 Å². The van der Waals surface area contributed by atoms with Crippen LogP contribution >= 0.6 is 0 Å². The number of nitrogens with zero attached hydrogens (tertiary/aromatic N) is 2. The summed E-state index contributed by atoms with van der Waals surface area (Å²) in [4.78, 5) is 5.81. The zero-order valence-electron chi connectivity index (χ0n) is 16.7. The number of aromatic nitrogens is 2. The zero-order chi connectivity index (χ0) is 19.7. The molecule has 2 aromatic heterocycles. The average Bonchev–Trinajstić information content (AvgIpc) is 3.26. The summed E-state index contributed by atoms with van der Waals surface area (Å²) in [6.07, 6.45) is 0.911. The molecule has 0 saturated heterocycles. The van der Waals surface area contributed by atoms with Crippen molar-refractivity contribution in [2.45, 2.75) is 13.3 Å². The second-order valence-electron chi connectivity index (χ2n) is 7.27. The van der Waals surface area contributed by atoms with E-state index in [0.717, 1.165) is 52.5 Å². The second kappa shape index (κ2) is 7.52. The number of ether oxygens (including phenoxy) is 1. The minimum Gasteiger partial charge on any atom is -0.497 e. The van der Waals surface area contributed by atoms with Gasteiger partial charge in [0.2, 0.25) is 0 Å². The molecule has 0 atom stereocenters. The standard InChI is InChI=1S/C23H25N3O2/c1-15-21(22(25-28-15)16-8-6-5-7-9-16)23-18(12-13-26(2)3)19-14-17(27-4)10-11-20(19)24-23/h5-11,14,24H,12-13H2,1-4H3. The quantitative estimate of drug-likeness (QED) is 0.520. The summed E-state index contributed by atoms with van der Waals surface area (Å²) >= 11 is 0. The Hall–Kier alpha value is -3.05. The normalized spacial score (nSPS) is 11.5. The first kappa shape index (κ1) is 18.3. The van der Waals surface area contributed by atoms with Crippen molar-refractivity contribution < 1.29 is 9.26 Å². The van der Waals surface area contributed by atoms with Crippen LogP contribution in [-0.4, -0.2) is 42.8 Å². The Kier molecular flexibility index (Phi) is 4.92. The van der Waals surface area contributed by atoms with Gasteiger partial charge in [-0.2, -0.15) is 0 Å². The van der Waals surface area contributed by atoms with Gasteiger partial charge in [-0.15, -0.1) is 0 Å². The third-order valence-electron chi connectivity index (χ3n) is 5.08. The first-order chi connectivity index (χ1) is 13.6. The summed E-state index contributed by atoms with van der Waals surface area (Å²) in [5.41, 5.74) is 6.35. The van der Waals surface area contributed by atoms with Gasteiger partial charge in [-0.3, -0.25) is 0 Å². The van der Waals surface area contributed by atoms with Crippen molar-refractivity contribution in [1.29, 1.82) is 0 Å². The number of methoxy groups -OCH3 is 1. The first-order valence-electron chi connectivity index (χ1n) is 9.44. The topological polar surface area (TPSA) is 54.3 Å². The van der Waals surface area contributed by atoms with Crippen LogP contribution in [-0.2, 0) is 6.42 Å². The summed E-state index contributed by atoms with van der Waals surface area (Å²) in [6.45, 7) is 2.92. The van der Waals surface area contributed by atoms with Crippen LogP contribution in [0.15, 0.2) is 53.1 Å². The lowest BCUT2D eigenvalue weighted by Crippen LogP contribution is -2.15. The summed E-state index contributed by atoms with van der Waals surface area (Å²) in [5.74, 6) is 1.66. The highest BCUT2D eigenvalue weighted by atomic mass is 16.5. The van der Waals surface area contributed by atoms with E-state index in [9.17, 15) is 0 Å². The fraction of sp³-hybridized carbons (Fsp3) is 0.261. The van der Waals surface area contributed by atoms with Crippen molar-refractivity contribution in [1.82, 2.24) is 15.0 Å². The largest absolute Gasteiger partial charge is 0.497 e. The van der Waals surface area contributed by atoms with E-state index >= 15 is 0 Å². The van der Waals surface area contributed by atoms with E-state index in [2.05, 4.69) is 53.4 Å². The molecule has 0 bridgehead atoms. The van der Waals surface area contributed by atoms with Gasteiger partial charge in [-0.25, -0.2) is 0 Å². The van der Waals surface area contributed by atoms with E-state index in [0.29, 0.717) is 0 Å². The highest BCUT2D eigenvalue weighted by molar-refractivity contribution is 5.95. The van der Waals surface area contributed by atoms with Crippen molar-refractivity contribution in [3.63, 3.8) is 0 Å². The molecule has 4 rings (SSSR count). The average molecular weight is 375 g/mol. The third kappa shape index (κ3) is 3.29. The number of nitrogens with one attached hydrogen (secondary N) is 1. The van der Waals surface area contributed by atoms with Gasteiger partial charge < -0.3 is 19.1 Å². The highest BCUT2D eigenvalue weighted by Gasteiger charge is 2.22. The van der Waals surface area contributed by atoms with Crippen LogP contribution in [0.4, 0.5) is 0 Å². The van der Waals surface area contributed by atoms with Gasteiger partial charge in [-0.1, -0.05) is 35.5 Å². The van der Waals surface area contributed by atoms with Crippen molar-refractivity contribution in [3.05, 3.63) is 59.9 Å². The molecule has 0 aliphatic carbocycles. The zero-order valence-corrected chi connectivity index (χ0v) is 16.7. The molecule has 2 aromatic carbocycles. The van der Waals surface area contributed by atoms with Crippen LogP contribution in [0.2, 0.25) is 0 Å². The fourth-order valence-corrected chi connectivity index (χ4v) is 3.62. The molecule has 5 heteroatoms. The van der Waals surface area contributed by atoms with E-state index in [1.807, 2.05) is 31.2 Å². The van der Waals surface area contributed by atoms with Crippen molar-refractivity contribution in [2.75, 3.05) is 27.7 Å². The van der Waals surface area contributed by atoms with Crippen LogP contribution in [0.5, 0.6) is 5.75 Å². The van der Waals surface area contributed by atoms with Crippen molar-refractivity contribution in [2.24, 2.45) is 0 Å². The SMILES string of the molecule is COc1ccc2[nH]c(-c3c(-c4ccccc4)noc3C)c(CCN(C)C)c2c1. The highest BCUT2D eigenvalue weighted by Crippen LogP contribution is 2.39. The Labute approximate surface area is 164 Å². The van der Waals surface area contributed by atoms with E-state index < -0.39 is 0 Å². The molecule has 0 saturated carbocycles. The van der Waals surface area contributed by atoms with Gasteiger partial charge >= 0.3 is 0 Å². The molecule has 0 aliphatic heterocycles. The molecule has 0 aliphatic rings. The molecule has 1 N–H and O–H groups in total. The molecule has 0 spiro atoms. The predicted octanol–water partition coefficient (Wildman–Crippen LogP) is 4.91. The number of benzene rings is 2. The lowest BCUT2D eigenvalue weighted by molar-refractivity contribution is 0.400. The Morgan fingerprint density at radius 1 is 1.11 bits per heavy atom. The summed E-state index contributed by atoms with van der Waals surface area (Å²) in [6, 6.07) is 16.3. The number of likely N-dealkylation sites (N-methyl/N-ethyl adjacent to an activating group) is 1. The Morgan fingerprint density at radius 2 is 1.89 bits per heavy atom. The van der Waals surface area contributed by atoms with Gasteiger partial charge in [0.15, 0.2) is 0 Å². The fourth-order valence-electron chi connectivity index (χ4n) is 3.62. The Bertz CT molecular complexity index is 1090. The molecule has 4 aromatic rings. The number of H-pyrrole nitrogens is 1. The molecule has 144 valence electrons. The van der Waals surface area contributed by atoms with Crippen molar-refractivity contribution in [3.8, 4) is 28.3 Å². The van der Waals surface area contributed by atoms with Gasteiger partial charge in [0.1, 0.15) is 17.2 Å². The second-order valence-corrected chi connectivity index (χ2v) is 7.27. The molecule has 2 heterocycles. The Morgan fingerprint density at radius 3 is 2.61 bits per heavy atom.